The van der Waals surface area contributed by atoms with Gasteiger partial charge in [0.2, 0.25) is 0 Å². The number of hydrogen-bond acceptors (Lipinski definition) is 6. The Kier molecular flexibility index (Phi) is 9.30. The first-order valence-corrected chi connectivity index (χ1v) is 16.4. The number of carbonyl (C=O) groups is 3. The van der Waals surface area contributed by atoms with Crippen molar-refractivity contribution in [3.8, 4) is 0 Å². The van der Waals surface area contributed by atoms with Crippen LogP contribution in [0.3, 0.4) is 0 Å². The van der Waals surface area contributed by atoms with Gasteiger partial charge >= 0.3 is 0 Å². The van der Waals surface area contributed by atoms with E-state index in [2.05, 4.69) is 5.32 Å². The van der Waals surface area contributed by atoms with Crippen LogP contribution in [0.1, 0.15) is 46.9 Å². The minimum absolute atomic E-state index is 0.00603. The number of anilines is 2. The number of nitrogens with zero attached hydrogens (tertiary/aromatic N) is 2. The van der Waals surface area contributed by atoms with Crippen LogP contribution in [0.15, 0.2) is 97.1 Å². The van der Waals surface area contributed by atoms with E-state index in [0.717, 1.165) is 0 Å². The summed E-state index contributed by atoms with van der Waals surface area (Å²) in [5.74, 6) is -5.70. The van der Waals surface area contributed by atoms with Crippen molar-refractivity contribution in [3.05, 3.63) is 131 Å². The van der Waals surface area contributed by atoms with Gasteiger partial charge in [-0.15, -0.1) is 0 Å². The monoisotopic (exact) mass is 649 g/mol. The average Bonchev–Trinajstić information content (AvgIpc) is 3.59. The van der Waals surface area contributed by atoms with Crippen molar-refractivity contribution in [2.45, 2.75) is 24.7 Å². The molecule has 4 aromatic carbocycles. The number of rotatable bonds is 10. The number of ketones is 3. The van der Waals surface area contributed by atoms with Crippen molar-refractivity contribution in [1.29, 1.82) is 0 Å². The summed E-state index contributed by atoms with van der Waals surface area (Å²) in [6.45, 7) is 0.593. The maximum atomic E-state index is 16.0. The van der Waals surface area contributed by atoms with Gasteiger partial charge in [0, 0.05) is 82.0 Å². The summed E-state index contributed by atoms with van der Waals surface area (Å²) in [7, 11) is 7.41. The van der Waals surface area contributed by atoms with Crippen molar-refractivity contribution in [2.24, 2.45) is 17.3 Å². The number of para-hydroxylation sites is 2. The molecule has 2 fully saturated rings. The van der Waals surface area contributed by atoms with Crippen LogP contribution in [0.25, 0.3) is 0 Å². The highest BCUT2D eigenvalue weighted by atomic mass is 19.1. The van der Waals surface area contributed by atoms with Gasteiger partial charge < -0.3 is 15.1 Å². The number of halogens is 2. The standard InChI is InChI=1S/C40H41F2N3O3/c1-44(2)33-19-11-7-15-27(33)36(25-13-5-9-17-31(25)41)38(47)40(22-21-35(46)29-23-43-24-30(29)40)39(48)37(26-14-6-10-18-32(26)42)28-16-8-12-20-34(28)45(3)4/h5-20,29-30,36-37,43H,21-24H2,1-4H3/t29-,30+,36?,37?,40?/m0/s1. The van der Waals surface area contributed by atoms with Gasteiger partial charge in [-0.1, -0.05) is 72.8 Å². The van der Waals surface area contributed by atoms with Crippen LogP contribution in [0.2, 0.25) is 0 Å². The van der Waals surface area contributed by atoms with Crippen molar-refractivity contribution in [3.63, 3.8) is 0 Å². The highest BCUT2D eigenvalue weighted by Gasteiger charge is 2.62. The molecule has 8 heteroatoms. The molecule has 1 heterocycles. The topological polar surface area (TPSA) is 69.7 Å². The molecule has 0 aromatic heterocycles. The van der Waals surface area contributed by atoms with Crippen LogP contribution < -0.4 is 15.1 Å². The van der Waals surface area contributed by atoms with Gasteiger partial charge in [0.25, 0.3) is 0 Å². The summed E-state index contributed by atoms with van der Waals surface area (Å²) in [6.07, 6.45) is -0.0323. The molecule has 4 atom stereocenters. The molecule has 248 valence electrons. The van der Waals surface area contributed by atoms with Crippen molar-refractivity contribution < 1.29 is 23.2 Å². The minimum atomic E-state index is -1.75. The zero-order chi connectivity index (χ0) is 34.2. The van der Waals surface area contributed by atoms with Crippen LogP contribution in [-0.4, -0.2) is 58.6 Å². The first-order valence-electron chi connectivity index (χ1n) is 16.4. The Hall–Kier alpha value is -4.69. The summed E-state index contributed by atoms with van der Waals surface area (Å²) in [6, 6.07) is 27.0. The summed E-state index contributed by atoms with van der Waals surface area (Å²) in [4.78, 5) is 48.9. The zero-order valence-corrected chi connectivity index (χ0v) is 27.8. The van der Waals surface area contributed by atoms with E-state index < -0.39 is 52.3 Å². The number of fused-ring (bicyclic) bond motifs is 1. The van der Waals surface area contributed by atoms with E-state index in [9.17, 15) is 4.79 Å². The molecule has 0 spiro atoms. The Labute approximate surface area is 280 Å². The molecule has 0 radical (unpaired) electrons. The fraction of sp³-hybridized carbons (Fsp3) is 0.325. The number of Topliss-reactive ketones (excluding diaryl/α,β-unsaturated/α-hetero) is 3. The molecule has 2 unspecified atom stereocenters. The fourth-order valence-corrected chi connectivity index (χ4v) is 8.07. The van der Waals surface area contributed by atoms with E-state index in [1.54, 1.807) is 60.7 Å². The molecule has 1 aliphatic carbocycles. The second-order valence-corrected chi connectivity index (χ2v) is 13.4. The second kappa shape index (κ2) is 13.4. The van der Waals surface area contributed by atoms with Crippen LogP contribution in [-0.2, 0) is 14.4 Å². The molecule has 0 amide bonds. The SMILES string of the molecule is CN(C)c1ccccc1C(C(=O)C1(C(=O)C(c2ccccc2F)c2ccccc2N(C)C)CCC(=O)[C@H]2CNC[C@H]21)c1ccccc1F. The number of benzene rings is 4. The van der Waals surface area contributed by atoms with Crippen LogP contribution in [0.5, 0.6) is 0 Å². The van der Waals surface area contributed by atoms with Crippen LogP contribution >= 0.6 is 0 Å². The Balaban J connectivity index is 1.66. The zero-order valence-electron chi connectivity index (χ0n) is 27.8. The fourth-order valence-electron chi connectivity index (χ4n) is 8.07. The van der Waals surface area contributed by atoms with Crippen molar-refractivity contribution in [2.75, 3.05) is 51.1 Å². The summed E-state index contributed by atoms with van der Waals surface area (Å²) >= 11 is 0. The van der Waals surface area contributed by atoms with Gasteiger partial charge in [-0.05, 0) is 41.8 Å². The first-order chi connectivity index (χ1) is 23.1. The van der Waals surface area contributed by atoms with Gasteiger partial charge in [0.05, 0.1) is 17.3 Å². The van der Waals surface area contributed by atoms with E-state index >= 15 is 18.4 Å². The normalized spacial score (nSPS) is 21.7. The van der Waals surface area contributed by atoms with E-state index in [0.29, 0.717) is 29.0 Å². The average molecular weight is 650 g/mol. The number of carbonyl (C=O) groups excluding carboxylic acids is 3. The van der Waals surface area contributed by atoms with Crippen molar-refractivity contribution >= 4 is 28.7 Å². The molecule has 6 nitrogen and oxygen atoms in total. The molecular formula is C40H41F2N3O3. The van der Waals surface area contributed by atoms with Gasteiger partial charge in [-0.2, -0.15) is 0 Å². The maximum absolute atomic E-state index is 16.0. The van der Waals surface area contributed by atoms with Crippen LogP contribution in [0, 0.1) is 28.9 Å². The molecule has 1 saturated carbocycles. The lowest BCUT2D eigenvalue weighted by molar-refractivity contribution is -0.152. The van der Waals surface area contributed by atoms with E-state index in [4.69, 9.17) is 0 Å². The maximum Gasteiger partial charge on any atom is 0.158 e. The third-order valence-electron chi connectivity index (χ3n) is 10.3. The Bertz CT molecular complexity index is 1740. The number of nitrogens with one attached hydrogen (secondary N) is 1. The molecule has 0 bridgehead atoms. The molecule has 1 saturated heterocycles. The Morgan fingerprint density at radius 1 is 0.667 bits per heavy atom. The highest BCUT2D eigenvalue weighted by Crippen LogP contribution is 2.54. The molecule has 48 heavy (non-hydrogen) atoms. The molecular weight excluding hydrogens is 608 g/mol. The van der Waals surface area contributed by atoms with E-state index in [1.165, 1.54) is 12.1 Å². The Morgan fingerprint density at radius 2 is 1.08 bits per heavy atom. The lowest BCUT2D eigenvalue weighted by Gasteiger charge is -2.46. The van der Waals surface area contributed by atoms with Crippen LogP contribution in [0.4, 0.5) is 20.2 Å². The third-order valence-corrected chi connectivity index (χ3v) is 10.3. The lowest BCUT2D eigenvalue weighted by Crippen LogP contribution is -2.56. The first kappa shape index (κ1) is 33.2. The highest BCUT2D eigenvalue weighted by molar-refractivity contribution is 6.15. The largest absolute Gasteiger partial charge is 0.377 e. The molecule has 6 rings (SSSR count). The van der Waals surface area contributed by atoms with Gasteiger partial charge in [0.1, 0.15) is 17.4 Å². The summed E-state index contributed by atoms with van der Waals surface area (Å²) < 4.78 is 31.9. The van der Waals surface area contributed by atoms with Gasteiger partial charge in [-0.3, -0.25) is 14.4 Å². The smallest absolute Gasteiger partial charge is 0.158 e. The van der Waals surface area contributed by atoms with Gasteiger partial charge in [0.15, 0.2) is 11.6 Å². The minimum Gasteiger partial charge on any atom is -0.377 e. The molecule has 1 N–H and O–H groups in total. The molecule has 4 aromatic rings. The van der Waals surface area contributed by atoms with Gasteiger partial charge in [-0.25, -0.2) is 8.78 Å². The summed E-state index contributed by atoms with van der Waals surface area (Å²) in [5.41, 5.74) is 1.08. The second-order valence-electron chi connectivity index (χ2n) is 13.4. The quantitative estimate of drug-likeness (QED) is 0.201. The third kappa shape index (κ3) is 5.62. The lowest BCUT2D eigenvalue weighted by atomic mass is 9.53. The molecule has 1 aliphatic heterocycles. The van der Waals surface area contributed by atoms with E-state index in [1.807, 2.05) is 62.3 Å². The van der Waals surface area contributed by atoms with Crippen molar-refractivity contribution in [1.82, 2.24) is 5.32 Å². The predicted molar refractivity (Wildman–Crippen MR) is 185 cm³/mol. The molecule has 2 aliphatic rings. The predicted octanol–water partition coefficient (Wildman–Crippen LogP) is 6.38. The Morgan fingerprint density at radius 3 is 1.52 bits per heavy atom. The van der Waals surface area contributed by atoms with E-state index in [-0.39, 0.29) is 36.3 Å². The summed E-state index contributed by atoms with van der Waals surface area (Å²) in [5, 5.41) is 3.29. The number of hydrogen-bond donors (Lipinski definition) is 1.